The molecule has 1 aromatic carbocycles. The second-order valence-electron chi connectivity index (χ2n) is 5.60. The molecule has 116 valence electrons. The van der Waals surface area contributed by atoms with Crippen molar-refractivity contribution < 1.29 is 9.90 Å². The number of thiophene rings is 1. The van der Waals surface area contributed by atoms with E-state index in [2.05, 4.69) is 31.0 Å². The van der Waals surface area contributed by atoms with Gasteiger partial charge in [0.2, 0.25) is 0 Å². The average molecular weight is 342 g/mol. The molecule has 3 rings (SSSR count). The molecule has 0 aliphatic rings. The Hall–Kier alpha value is -2.23. The van der Waals surface area contributed by atoms with Gasteiger partial charge in [-0.25, -0.2) is 9.78 Å². The van der Waals surface area contributed by atoms with Crippen molar-refractivity contribution in [2.24, 2.45) is 0 Å². The van der Waals surface area contributed by atoms with E-state index in [0.717, 1.165) is 20.5 Å². The van der Waals surface area contributed by atoms with Crippen molar-refractivity contribution in [3.05, 3.63) is 39.9 Å². The fourth-order valence-electron chi connectivity index (χ4n) is 2.40. The van der Waals surface area contributed by atoms with E-state index >= 15 is 0 Å². The minimum Gasteiger partial charge on any atom is -0.477 e. The monoisotopic (exact) mass is 342 g/mol. The first kappa shape index (κ1) is 15.7. The van der Waals surface area contributed by atoms with Crippen molar-refractivity contribution in [3.8, 4) is 16.0 Å². The molecule has 0 unspecified atom stereocenters. The number of carbonyl (C=O) groups is 1. The molecule has 2 aromatic heterocycles. The summed E-state index contributed by atoms with van der Waals surface area (Å²) in [4.78, 5) is 16.7. The molecule has 4 nitrogen and oxygen atoms in total. The Labute approximate surface area is 141 Å². The van der Waals surface area contributed by atoms with Crippen LogP contribution in [0.1, 0.15) is 46.3 Å². The van der Waals surface area contributed by atoms with Gasteiger partial charge in [-0.3, -0.25) is 0 Å². The molecule has 0 aliphatic heterocycles. The molecular formula is C17H14N2O2S2. The fourth-order valence-corrected chi connectivity index (χ4v) is 4.45. The van der Waals surface area contributed by atoms with Crippen molar-refractivity contribution in [2.75, 3.05) is 0 Å². The maximum Gasteiger partial charge on any atom is 0.347 e. The van der Waals surface area contributed by atoms with Crippen LogP contribution in [-0.2, 0) is 0 Å². The summed E-state index contributed by atoms with van der Waals surface area (Å²) >= 11 is 2.66. The third kappa shape index (κ3) is 2.74. The first-order valence-electron chi connectivity index (χ1n) is 7.09. The maximum atomic E-state index is 11.2. The van der Waals surface area contributed by atoms with Gasteiger partial charge in [0.1, 0.15) is 16.0 Å². The third-order valence-electron chi connectivity index (χ3n) is 3.63. The van der Waals surface area contributed by atoms with Gasteiger partial charge in [-0.1, -0.05) is 13.8 Å². The zero-order chi connectivity index (χ0) is 16.7. The predicted octanol–water partition coefficient (Wildman–Crippen LogP) is 5.03. The van der Waals surface area contributed by atoms with Gasteiger partial charge < -0.3 is 5.11 Å². The lowest BCUT2D eigenvalue weighted by atomic mass is 9.99. The molecule has 0 spiro atoms. The Morgan fingerprint density at radius 2 is 2.04 bits per heavy atom. The van der Waals surface area contributed by atoms with Crippen LogP contribution in [0.25, 0.3) is 20.0 Å². The standard InChI is InChI=1S/C17H14N2O2S2/c1-8(2)10-4-11-6-13(22-15(11)12(5-10)7-18)16-19-9(3)14(23-16)17(20)21/h4-6,8H,1-3H3,(H,20,21). The van der Waals surface area contributed by atoms with Gasteiger partial charge in [-0.2, -0.15) is 5.26 Å². The Bertz CT molecular complexity index is 961. The van der Waals surface area contributed by atoms with Crippen LogP contribution in [0.15, 0.2) is 18.2 Å². The van der Waals surface area contributed by atoms with Crippen LogP contribution in [0.4, 0.5) is 0 Å². The highest BCUT2D eigenvalue weighted by atomic mass is 32.1. The number of benzene rings is 1. The summed E-state index contributed by atoms with van der Waals surface area (Å²) in [6.45, 7) is 5.90. The number of hydrogen-bond acceptors (Lipinski definition) is 5. The average Bonchev–Trinajstić information content (AvgIpc) is 3.08. The normalized spacial score (nSPS) is 11.1. The van der Waals surface area contributed by atoms with E-state index in [1.807, 2.05) is 12.1 Å². The van der Waals surface area contributed by atoms with Crippen molar-refractivity contribution in [2.45, 2.75) is 26.7 Å². The van der Waals surface area contributed by atoms with E-state index in [0.29, 0.717) is 22.2 Å². The lowest BCUT2D eigenvalue weighted by molar-refractivity contribution is 0.0701. The summed E-state index contributed by atoms with van der Waals surface area (Å²) in [5.41, 5.74) is 2.31. The minimum absolute atomic E-state index is 0.265. The highest BCUT2D eigenvalue weighted by molar-refractivity contribution is 7.26. The quantitative estimate of drug-likeness (QED) is 0.724. The number of carboxylic acids is 1. The predicted molar refractivity (Wildman–Crippen MR) is 93.4 cm³/mol. The van der Waals surface area contributed by atoms with Crippen molar-refractivity contribution >= 4 is 38.7 Å². The van der Waals surface area contributed by atoms with E-state index in [1.165, 1.54) is 22.7 Å². The third-order valence-corrected chi connectivity index (χ3v) is 6.13. The Morgan fingerprint density at radius 1 is 1.30 bits per heavy atom. The van der Waals surface area contributed by atoms with E-state index < -0.39 is 5.97 Å². The topological polar surface area (TPSA) is 74.0 Å². The number of carboxylic acid groups (broad SMARTS) is 1. The molecule has 23 heavy (non-hydrogen) atoms. The Balaban J connectivity index is 2.19. The SMILES string of the molecule is Cc1nc(-c2cc3cc(C(C)C)cc(C#N)c3s2)sc1C(=O)O. The smallest absolute Gasteiger partial charge is 0.347 e. The second kappa shape index (κ2) is 5.76. The number of aryl methyl sites for hydroxylation is 1. The van der Waals surface area contributed by atoms with Gasteiger partial charge in [0, 0.05) is 0 Å². The number of thiazole rings is 1. The molecule has 6 heteroatoms. The molecule has 0 radical (unpaired) electrons. The van der Waals surface area contributed by atoms with Crippen molar-refractivity contribution in [3.63, 3.8) is 0 Å². The summed E-state index contributed by atoms with van der Waals surface area (Å²) in [5.74, 6) is -0.609. The number of nitrogens with zero attached hydrogens (tertiary/aromatic N) is 2. The van der Waals surface area contributed by atoms with Gasteiger partial charge in [-0.05, 0) is 42.0 Å². The molecule has 0 amide bonds. The lowest BCUT2D eigenvalue weighted by Gasteiger charge is -2.05. The zero-order valence-electron chi connectivity index (χ0n) is 12.9. The summed E-state index contributed by atoms with van der Waals surface area (Å²) in [6, 6.07) is 8.29. The van der Waals surface area contributed by atoms with Crippen LogP contribution in [0.5, 0.6) is 0 Å². The first-order valence-corrected chi connectivity index (χ1v) is 8.72. The highest BCUT2D eigenvalue weighted by Crippen LogP contribution is 2.39. The molecule has 3 aromatic rings. The van der Waals surface area contributed by atoms with Gasteiger partial charge in [0.15, 0.2) is 0 Å². The molecule has 1 N–H and O–H groups in total. The fraction of sp³-hybridized carbons (Fsp3) is 0.235. The molecule has 0 atom stereocenters. The van der Waals surface area contributed by atoms with Crippen LogP contribution in [0.3, 0.4) is 0 Å². The zero-order valence-corrected chi connectivity index (χ0v) is 14.5. The second-order valence-corrected chi connectivity index (χ2v) is 7.65. The van der Waals surface area contributed by atoms with E-state index in [-0.39, 0.29) is 4.88 Å². The summed E-state index contributed by atoms with van der Waals surface area (Å²) in [7, 11) is 0. The number of nitriles is 1. The van der Waals surface area contributed by atoms with Gasteiger partial charge >= 0.3 is 5.97 Å². The van der Waals surface area contributed by atoms with Crippen LogP contribution in [-0.4, -0.2) is 16.1 Å². The van der Waals surface area contributed by atoms with Crippen molar-refractivity contribution in [1.82, 2.24) is 4.98 Å². The molecule has 0 saturated heterocycles. The van der Waals surface area contributed by atoms with Gasteiger partial charge in [-0.15, -0.1) is 22.7 Å². The van der Waals surface area contributed by atoms with Crippen LogP contribution in [0, 0.1) is 18.3 Å². The Kier molecular flexibility index (Phi) is 3.92. The van der Waals surface area contributed by atoms with Crippen LogP contribution in [0.2, 0.25) is 0 Å². The molecule has 2 heterocycles. The number of aromatic carboxylic acids is 1. The maximum absolute atomic E-state index is 11.2. The Morgan fingerprint density at radius 3 is 2.61 bits per heavy atom. The number of rotatable bonds is 3. The van der Waals surface area contributed by atoms with Gasteiger partial charge in [0.25, 0.3) is 0 Å². The summed E-state index contributed by atoms with van der Waals surface area (Å²) in [5, 5.41) is 20.3. The lowest BCUT2D eigenvalue weighted by Crippen LogP contribution is -1.94. The largest absolute Gasteiger partial charge is 0.477 e. The molecule has 0 aliphatic carbocycles. The number of fused-ring (bicyclic) bond motifs is 1. The number of hydrogen-bond donors (Lipinski definition) is 1. The van der Waals surface area contributed by atoms with Gasteiger partial charge in [0.05, 0.1) is 20.8 Å². The van der Waals surface area contributed by atoms with E-state index in [1.54, 1.807) is 6.92 Å². The summed E-state index contributed by atoms with van der Waals surface area (Å²) in [6.07, 6.45) is 0. The molecule has 0 saturated carbocycles. The molecular weight excluding hydrogens is 328 g/mol. The van der Waals surface area contributed by atoms with E-state index in [4.69, 9.17) is 0 Å². The molecule has 0 fully saturated rings. The summed E-state index contributed by atoms with van der Waals surface area (Å²) < 4.78 is 0.927. The minimum atomic E-state index is -0.952. The first-order chi connectivity index (χ1) is 10.9. The number of aromatic nitrogens is 1. The highest BCUT2D eigenvalue weighted by Gasteiger charge is 2.18. The van der Waals surface area contributed by atoms with Crippen LogP contribution >= 0.6 is 22.7 Å². The van der Waals surface area contributed by atoms with Crippen molar-refractivity contribution in [1.29, 1.82) is 5.26 Å². The van der Waals surface area contributed by atoms with Crippen LogP contribution < -0.4 is 0 Å². The van der Waals surface area contributed by atoms with E-state index in [9.17, 15) is 15.2 Å². The molecule has 0 bridgehead atoms.